The van der Waals surface area contributed by atoms with Crippen LogP contribution in [-0.4, -0.2) is 19.1 Å². The van der Waals surface area contributed by atoms with E-state index in [4.69, 9.17) is 9.47 Å². The van der Waals surface area contributed by atoms with Gasteiger partial charge in [0.15, 0.2) is 6.10 Å². The smallest absolute Gasteiger partial charge is 0.261 e. The van der Waals surface area contributed by atoms with Crippen LogP contribution in [0.5, 0.6) is 11.5 Å². The van der Waals surface area contributed by atoms with Crippen molar-refractivity contribution in [3.05, 3.63) is 59.2 Å². The van der Waals surface area contributed by atoms with Crippen LogP contribution in [0.3, 0.4) is 0 Å². The lowest BCUT2D eigenvalue weighted by Crippen LogP contribution is -2.40. The first-order valence-electron chi connectivity index (χ1n) is 9.16. The Morgan fingerprint density at radius 3 is 2.15 bits per heavy atom. The molecule has 2 aromatic carbocycles. The first-order valence-corrected chi connectivity index (χ1v) is 9.16. The van der Waals surface area contributed by atoms with E-state index in [9.17, 15) is 4.79 Å². The van der Waals surface area contributed by atoms with E-state index in [2.05, 4.69) is 44.3 Å². The SMILES string of the molecule is CCC(Oc1ccc(OC)cc1)C(=O)NC(CC)c1ccc(C)c(C)c1. The molecule has 0 aromatic heterocycles. The highest BCUT2D eigenvalue weighted by Gasteiger charge is 2.22. The number of hydrogen-bond acceptors (Lipinski definition) is 3. The fourth-order valence-electron chi connectivity index (χ4n) is 2.81. The van der Waals surface area contributed by atoms with E-state index in [-0.39, 0.29) is 11.9 Å². The molecule has 0 spiro atoms. The van der Waals surface area contributed by atoms with Crippen LogP contribution in [0, 0.1) is 13.8 Å². The highest BCUT2D eigenvalue weighted by Crippen LogP contribution is 2.22. The molecule has 0 heterocycles. The molecule has 0 radical (unpaired) electrons. The van der Waals surface area contributed by atoms with Gasteiger partial charge < -0.3 is 14.8 Å². The van der Waals surface area contributed by atoms with Gasteiger partial charge in [0.05, 0.1) is 13.2 Å². The summed E-state index contributed by atoms with van der Waals surface area (Å²) in [5.74, 6) is 1.33. The van der Waals surface area contributed by atoms with E-state index >= 15 is 0 Å². The average molecular weight is 355 g/mol. The molecule has 1 N–H and O–H groups in total. The normalized spacial score (nSPS) is 13.0. The summed E-state index contributed by atoms with van der Waals surface area (Å²) >= 11 is 0. The van der Waals surface area contributed by atoms with Crippen molar-refractivity contribution < 1.29 is 14.3 Å². The molecule has 2 unspecified atom stereocenters. The van der Waals surface area contributed by atoms with Gasteiger partial charge >= 0.3 is 0 Å². The van der Waals surface area contributed by atoms with Gasteiger partial charge in [0, 0.05) is 0 Å². The quantitative estimate of drug-likeness (QED) is 0.744. The summed E-state index contributed by atoms with van der Waals surface area (Å²) in [7, 11) is 1.62. The second kappa shape index (κ2) is 9.27. The van der Waals surface area contributed by atoms with Gasteiger partial charge in [-0.05, 0) is 67.6 Å². The van der Waals surface area contributed by atoms with Gasteiger partial charge in [0.1, 0.15) is 11.5 Å². The molecule has 0 fully saturated rings. The van der Waals surface area contributed by atoms with Crippen molar-refractivity contribution in [3.8, 4) is 11.5 Å². The molecule has 2 rings (SSSR count). The maximum absolute atomic E-state index is 12.7. The Labute approximate surface area is 156 Å². The zero-order valence-electron chi connectivity index (χ0n) is 16.3. The molecule has 26 heavy (non-hydrogen) atoms. The van der Waals surface area contributed by atoms with Crippen LogP contribution in [0.4, 0.5) is 0 Å². The van der Waals surface area contributed by atoms with Crippen molar-refractivity contribution in [3.63, 3.8) is 0 Å². The number of rotatable bonds is 8. The Kier molecular flexibility index (Phi) is 7.07. The van der Waals surface area contributed by atoms with Crippen molar-refractivity contribution in [2.45, 2.75) is 52.7 Å². The minimum atomic E-state index is -0.524. The highest BCUT2D eigenvalue weighted by atomic mass is 16.5. The third kappa shape index (κ3) is 5.01. The number of methoxy groups -OCH3 is 1. The predicted octanol–water partition coefficient (Wildman–Crippen LogP) is 4.74. The van der Waals surface area contributed by atoms with Crippen LogP contribution in [0.2, 0.25) is 0 Å². The Hall–Kier alpha value is -2.49. The first-order chi connectivity index (χ1) is 12.5. The minimum absolute atomic E-state index is 0.0182. The van der Waals surface area contributed by atoms with E-state index < -0.39 is 6.10 Å². The van der Waals surface area contributed by atoms with Crippen LogP contribution < -0.4 is 14.8 Å². The Morgan fingerprint density at radius 2 is 1.62 bits per heavy atom. The molecule has 0 bridgehead atoms. The molecular weight excluding hydrogens is 326 g/mol. The molecule has 0 aliphatic rings. The number of ether oxygens (including phenoxy) is 2. The zero-order valence-corrected chi connectivity index (χ0v) is 16.3. The minimum Gasteiger partial charge on any atom is -0.497 e. The van der Waals surface area contributed by atoms with Crippen LogP contribution in [0.15, 0.2) is 42.5 Å². The molecule has 2 atom stereocenters. The Balaban J connectivity index is 2.06. The number of carbonyl (C=O) groups excluding carboxylic acids is 1. The maximum Gasteiger partial charge on any atom is 0.261 e. The van der Waals surface area contributed by atoms with Gasteiger partial charge in [-0.25, -0.2) is 0 Å². The molecular formula is C22H29NO3. The van der Waals surface area contributed by atoms with E-state index in [1.165, 1.54) is 11.1 Å². The summed E-state index contributed by atoms with van der Waals surface area (Å²) < 4.78 is 11.0. The van der Waals surface area contributed by atoms with Crippen molar-refractivity contribution in [2.24, 2.45) is 0 Å². The van der Waals surface area contributed by atoms with Gasteiger partial charge in [-0.3, -0.25) is 4.79 Å². The van der Waals surface area contributed by atoms with Crippen molar-refractivity contribution in [1.82, 2.24) is 5.32 Å². The molecule has 140 valence electrons. The predicted molar refractivity (Wildman–Crippen MR) is 105 cm³/mol. The number of amides is 1. The van der Waals surface area contributed by atoms with E-state index in [0.717, 1.165) is 17.7 Å². The number of nitrogens with one attached hydrogen (secondary N) is 1. The fourth-order valence-corrected chi connectivity index (χ4v) is 2.81. The highest BCUT2D eigenvalue weighted by molar-refractivity contribution is 5.81. The lowest BCUT2D eigenvalue weighted by molar-refractivity contribution is -0.128. The van der Waals surface area contributed by atoms with Gasteiger partial charge in [-0.2, -0.15) is 0 Å². The molecule has 0 saturated carbocycles. The summed E-state index contributed by atoms with van der Waals surface area (Å²) in [6.45, 7) is 8.21. The lowest BCUT2D eigenvalue weighted by atomic mass is 9.99. The van der Waals surface area contributed by atoms with Crippen LogP contribution >= 0.6 is 0 Å². The maximum atomic E-state index is 12.7. The van der Waals surface area contributed by atoms with Crippen LogP contribution in [0.1, 0.15) is 49.4 Å². The summed E-state index contributed by atoms with van der Waals surface area (Å²) in [5, 5.41) is 3.13. The monoisotopic (exact) mass is 355 g/mol. The standard InChI is InChI=1S/C22H29NO3/c1-6-20(17-9-8-15(3)16(4)14-17)23-22(24)21(7-2)26-19-12-10-18(25-5)11-13-19/h8-14,20-21H,6-7H2,1-5H3,(H,23,24). The molecule has 2 aromatic rings. The average Bonchev–Trinajstić information content (AvgIpc) is 2.66. The van der Waals surface area contributed by atoms with E-state index in [1.807, 2.05) is 31.2 Å². The Bertz CT molecular complexity index is 725. The van der Waals surface area contributed by atoms with Gasteiger partial charge in [-0.15, -0.1) is 0 Å². The van der Waals surface area contributed by atoms with Crippen LogP contribution in [-0.2, 0) is 4.79 Å². The summed E-state index contributed by atoms with van der Waals surface area (Å²) in [6.07, 6.45) is 0.901. The summed E-state index contributed by atoms with van der Waals surface area (Å²) in [4.78, 5) is 12.7. The molecule has 0 aliphatic heterocycles. The zero-order chi connectivity index (χ0) is 19.1. The number of hydrogen-bond donors (Lipinski definition) is 1. The van der Waals surface area contributed by atoms with E-state index in [1.54, 1.807) is 7.11 Å². The van der Waals surface area contributed by atoms with Gasteiger partial charge in [0.25, 0.3) is 5.91 Å². The third-order valence-corrected chi connectivity index (χ3v) is 4.66. The second-order valence-electron chi connectivity index (χ2n) is 6.50. The molecule has 0 aliphatic carbocycles. The number of aryl methyl sites for hydroxylation is 2. The van der Waals surface area contributed by atoms with Crippen molar-refractivity contribution in [1.29, 1.82) is 0 Å². The number of carbonyl (C=O) groups is 1. The van der Waals surface area contributed by atoms with Crippen molar-refractivity contribution >= 4 is 5.91 Å². The number of benzene rings is 2. The second-order valence-corrected chi connectivity index (χ2v) is 6.50. The lowest BCUT2D eigenvalue weighted by Gasteiger charge is -2.23. The molecule has 4 heteroatoms. The van der Waals surface area contributed by atoms with Gasteiger partial charge in [-0.1, -0.05) is 32.0 Å². The molecule has 0 saturated heterocycles. The largest absolute Gasteiger partial charge is 0.497 e. The molecule has 1 amide bonds. The molecule has 4 nitrogen and oxygen atoms in total. The van der Waals surface area contributed by atoms with Crippen LogP contribution in [0.25, 0.3) is 0 Å². The summed E-state index contributed by atoms with van der Waals surface area (Å²) in [6, 6.07) is 13.6. The fraction of sp³-hybridized carbons (Fsp3) is 0.409. The first kappa shape index (κ1) is 19.8. The third-order valence-electron chi connectivity index (χ3n) is 4.66. The topological polar surface area (TPSA) is 47.6 Å². The van der Waals surface area contributed by atoms with Crippen molar-refractivity contribution in [2.75, 3.05) is 7.11 Å². The van der Waals surface area contributed by atoms with Gasteiger partial charge in [0.2, 0.25) is 0 Å². The summed E-state index contributed by atoms with van der Waals surface area (Å²) in [5.41, 5.74) is 3.61. The van der Waals surface area contributed by atoms with E-state index in [0.29, 0.717) is 12.2 Å². The Morgan fingerprint density at radius 1 is 0.962 bits per heavy atom.